The number of non-ortho nitro benzene ring substituents is 1. The fourth-order valence-electron chi connectivity index (χ4n) is 1.95. The monoisotopic (exact) mass is 450 g/mol. The lowest BCUT2D eigenvalue weighted by Crippen LogP contribution is -2.11. The molecule has 0 saturated heterocycles. The van der Waals surface area contributed by atoms with E-state index >= 15 is 0 Å². The van der Waals surface area contributed by atoms with Crippen LogP contribution in [0.3, 0.4) is 0 Å². The number of hydrogen-bond donors (Lipinski definition) is 1. The van der Waals surface area contributed by atoms with Crippen LogP contribution in [0.1, 0.15) is 15.9 Å². The summed E-state index contributed by atoms with van der Waals surface area (Å²) in [5.41, 5.74) is 1.41. The number of nitrogens with zero attached hydrogens (tertiary/aromatic N) is 3. The average Bonchev–Trinajstić information content (AvgIpc) is 3.08. The van der Waals surface area contributed by atoms with Gasteiger partial charge in [-0.25, -0.2) is 0 Å². The van der Waals surface area contributed by atoms with Crippen LogP contribution in [0.4, 0.5) is 10.8 Å². The quantitative estimate of drug-likeness (QED) is 0.251. The predicted octanol–water partition coefficient (Wildman–Crippen LogP) is 4.75. The number of nitro benzene ring substituents is 1. The summed E-state index contributed by atoms with van der Waals surface area (Å²) in [5, 5.41) is 21.7. The minimum atomic E-state index is -0.513. The Balaban J connectivity index is 1.58. The van der Waals surface area contributed by atoms with E-state index in [1.165, 1.54) is 47.4 Å². The second kappa shape index (κ2) is 8.39. The molecule has 26 heavy (non-hydrogen) atoms. The molecule has 0 bridgehead atoms. The molecule has 7 nitrogen and oxygen atoms in total. The van der Waals surface area contributed by atoms with Gasteiger partial charge in [-0.3, -0.25) is 20.2 Å². The first-order chi connectivity index (χ1) is 12.5. The van der Waals surface area contributed by atoms with Gasteiger partial charge in [0, 0.05) is 27.9 Å². The molecular formula is C16H11BrN4O3S2. The molecule has 0 radical (unpaired) electrons. The van der Waals surface area contributed by atoms with Gasteiger partial charge in [0.25, 0.3) is 11.6 Å². The van der Waals surface area contributed by atoms with Crippen molar-refractivity contribution in [2.75, 3.05) is 5.32 Å². The number of amides is 1. The van der Waals surface area contributed by atoms with E-state index in [2.05, 4.69) is 31.4 Å². The number of nitro groups is 1. The van der Waals surface area contributed by atoms with E-state index in [-0.39, 0.29) is 11.6 Å². The number of halogens is 1. The summed E-state index contributed by atoms with van der Waals surface area (Å²) in [5.74, 6) is 0.360. The van der Waals surface area contributed by atoms with Crippen molar-refractivity contribution in [2.24, 2.45) is 0 Å². The van der Waals surface area contributed by atoms with Crippen LogP contribution in [0.25, 0.3) is 0 Å². The molecule has 0 aliphatic rings. The lowest BCUT2D eigenvalue weighted by atomic mass is 10.2. The summed E-state index contributed by atoms with van der Waals surface area (Å²) in [6, 6.07) is 13.4. The fraction of sp³-hybridized carbons (Fsp3) is 0.0625. The lowest BCUT2D eigenvalue weighted by molar-refractivity contribution is -0.384. The van der Waals surface area contributed by atoms with Crippen molar-refractivity contribution < 1.29 is 9.72 Å². The molecule has 0 aliphatic heterocycles. The predicted molar refractivity (Wildman–Crippen MR) is 105 cm³/mol. The molecule has 3 aromatic rings. The highest BCUT2D eigenvalue weighted by atomic mass is 79.9. The van der Waals surface area contributed by atoms with Crippen molar-refractivity contribution in [2.45, 2.75) is 10.1 Å². The summed E-state index contributed by atoms with van der Waals surface area (Å²) in [7, 11) is 0. The first-order valence-corrected chi connectivity index (χ1v) is 9.87. The minimum Gasteiger partial charge on any atom is -0.296 e. The largest absolute Gasteiger partial charge is 0.296 e. The maximum Gasteiger partial charge on any atom is 0.269 e. The molecule has 0 aliphatic carbocycles. The highest BCUT2D eigenvalue weighted by Gasteiger charge is 2.12. The fourth-order valence-corrected chi connectivity index (χ4v) is 3.92. The van der Waals surface area contributed by atoms with Crippen molar-refractivity contribution in [3.63, 3.8) is 0 Å². The molecule has 1 heterocycles. The van der Waals surface area contributed by atoms with Gasteiger partial charge >= 0.3 is 0 Å². The Hall–Kier alpha value is -2.30. The molecule has 1 amide bonds. The summed E-state index contributed by atoms with van der Waals surface area (Å²) < 4.78 is 1.77. The first kappa shape index (κ1) is 18.5. The SMILES string of the molecule is O=C(Nc1nnc(SCc2ccc(Br)cc2)s1)c1ccc([N+](=O)[O-])cc1. The minimum absolute atomic E-state index is 0.0657. The Kier molecular flexibility index (Phi) is 5.96. The van der Waals surface area contributed by atoms with Crippen molar-refractivity contribution >= 4 is 55.8 Å². The summed E-state index contributed by atoms with van der Waals surface area (Å²) >= 11 is 6.21. The zero-order chi connectivity index (χ0) is 18.5. The van der Waals surface area contributed by atoms with E-state index < -0.39 is 4.92 Å². The third kappa shape index (κ3) is 4.87. The van der Waals surface area contributed by atoms with Crippen LogP contribution >= 0.6 is 39.0 Å². The number of nitrogens with one attached hydrogen (secondary N) is 1. The highest BCUT2D eigenvalue weighted by molar-refractivity contribution is 9.10. The van der Waals surface area contributed by atoms with E-state index in [0.29, 0.717) is 10.7 Å². The normalized spacial score (nSPS) is 10.5. The number of benzene rings is 2. The summed E-state index contributed by atoms with van der Waals surface area (Å²) in [6.45, 7) is 0. The van der Waals surface area contributed by atoms with Gasteiger partial charge in [0.1, 0.15) is 0 Å². The molecule has 0 fully saturated rings. The van der Waals surface area contributed by atoms with Crippen LogP contribution < -0.4 is 5.32 Å². The zero-order valence-corrected chi connectivity index (χ0v) is 16.3. The molecule has 0 saturated carbocycles. The zero-order valence-electron chi connectivity index (χ0n) is 13.1. The Bertz CT molecular complexity index is 929. The molecule has 0 unspecified atom stereocenters. The van der Waals surface area contributed by atoms with Crippen LogP contribution in [0.5, 0.6) is 0 Å². The second-order valence-electron chi connectivity index (χ2n) is 5.05. The number of carbonyl (C=O) groups is 1. The highest BCUT2D eigenvalue weighted by Crippen LogP contribution is 2.29. The summed E-state index contributed by atoms with van der Waals surface area (Å²) in [4.78, 5) is 22.3. The van der Waals surface area contributed by atoms with Gasteiger partial charge in [-0.2, -0.15) is 0 Å². The van der Waals surface area contributed by atoms with Gasteiger partial charge in [-0.15, -0.1) is 10.2 Å². The van der Waals surface area contributed by atoms with Crippen LogP contribution in [0.2, 0.25) is 0 Å². The Labute approximate surface area is 165 Å². The van der Waals surface area contributed by atoms with Crippen molar-refractivity contribution in [3.05, 3.63) is 74.2 Å². The van der Waals surface area contributed by atoms with Crippen LogP contribution in [-0.4, -0.2) is 21.0 Å². The topological polar surface area (TPSA) is 98.0 Å². The smallest absolute Gasteiger partial charge is 0.269 e. The maximum atomic E-state index is 12.2. The van der Waals surface area contributed by atoms with Crippen molar-refractivity contribution in [1.82, 2.24) is 10.2 Å². The molecule has 0 atom stereocenters. The molecule has 2 aromatic carbocycles. The van der Waals surface area contributed by atoms with Gasteiger partial charge in [0.05, 0.1) is 4.92 Å². The molecule has 0 spiro atoms. The number of rotatable bonds is 6. The Morgan fingerprint density at radius 2 is 1.85 bits per heavy atom. The number of aromatic nitrogens is 2. The number of carbonyl (C=O) groups excluding carboxylic acids is 1. The summed E-state index contributed by atoms with van der Waals surface area (Å²) in [6.07, 6.45) is 0. The molecular weight excluding hydrogens is 440 g/mol. The van der Waals surface area contributed by atoms with Crippen LogP contribution in [-0.2, 0) is 5.75 Å². The Morgan fingerprint density at radius 1 is 1.15 bits per heavy atom. The van der Waals surface area contributed by atoms with Crippen molar-refractivity contribution in [1.29, 1.82) is 0 Å². The van der Waals surface area contributed by atoms with Crippen LogP contribution in [0, 0.1) is 10.1 Å². The number of anilines is 1. The molecule has 132 valence electrons. The van der Waals surface area contributed by atoms with Gasteiger partial charge in [-0.05, 0) is 29.8 Å². The molecule has 3 rings (SSSR count). The van der Waals surface area contributed by atoms with Gasteiger partial charge in [0.2, 0.25) is 5.13 Å². The lowest BCUT2D eigenvalue weighted by Gasteiger charge is -2.00. The molecule has 1 aromatic heterocycles. The van der Waals surface area contributed by atoms with E-state index in [4.69, 9.17) is 0 Å². The van der Waals surface area contributed by atoms with E-state index in [9.17, 15) is 14.9 Å². The van der Waals surface area contributed by atoms with E-state index in [1.807, 2.05) is 24.3 Å². The number of thioether (sulfide) groups is 1. The number of hydrogen-bond acceptors (Lipinski definition) is 7. The van der Waals surface area contributed by atoms with Gasteiger partial charge in [0.15, 0.2) is 4.34 Å². The third-order valence-electron chi connectivity index (χ3n) is 3.24. The van der Waals surface area contributed by atoms with E-state index in [1.54, 1.807) is 0 Å². The van der Waals surface area contributed by atoms with Gasteiger partial charge in [-0.1, -0.05) is 51.2 Å². The first-order valence-electron chi connectivity index (χ1n) is 7.28. The molecule has 10 heteroatoms. The van der Waals surface area contributed by atoms with Crippen molar-refractivity contribution in [3.8, 4) is 0 Å². The standard InChI is InChI=1S/C16H11BrN4O3S2/c17-12-5-1-10(2-6-12)9-25-16-20-19-15(26-16)18-14(22)11-3-7-13(8-4-11)21(23)24/h1-8H,9H2,(H,18,19,22). The Morgan fingerprint density at radius 3 is 2.50 bits per heavy atom. The maximum absolute atomic E-state index is 12.2. The third-order valence-corrected chi connectivity index (χ3v) is 5.81. The second-order valence-corrected chi connectivity index (χ2v) is 8.16. The van der Waals surface area contributed by atoms with E-state index in [0.717, 1.165) is 20.1 Å². The average molecular weight is 451 g/mol. The molecule has 1 N–H and O–H groups in total. The van der Waals surface area contributed by atoms with Crippen LogP contribution in [0.15, 0.2) is 57.3 Å². The van der Waals surface area contributed by atoms with Gasteiger partial charge < -0.3 is 0 Å².